The van der Waals surface area contributed by atoms with E-state index in [1.807, 2.05) is 6.92 Å². The van der Waals surface area contributed by atoms with Crippen LogP contribution in [0.2, 0.25) is 0 Å². The SMILES string of the molecule is CCCNCCS(=O)(=O)Nc1c(C)cccc1F. The summed E-state index contributed by atoms with van der Waals surface area (Å²) in [6.07, 6.45) is 0.944. The lowest BCUT2D eigenvalue weighted by atomic mass is 10.2. The van der Waals surface area contributed by atoms with E-state index in [1.165, 1.54) is 6.07 Å². The maximum atomic E-state index is 13.5. The number of anilines is 1. The average Bonchev–Trinajstić information content (AvgIpc) is 2.30. The molecule has 0 saturated heterocycles. The van der Waals surface area contributed by atoms with Crippen LogP contribution in [0.5, 0.6) is 0 Å². The quantitative estimate of drug-likeness (QED) is 0.746. The van der Waals surface area contributed by atoms with Crippen LogP contribution in [-0.4, -0.2) is 27.3 Å². The molecule has 0 heterocycles. The number of rotatable bonds is 7. The minimum absolute atomic E-state index is 0.0352. The Balaban J connectivity index is 2.65. The Morgan fingerprint density at radius 3 is 2.61 bits per heavy atom. The molecule has 1 rings (SSSR count). The number of hydrogen-bond acceptors (Lipinski definition) is 3. The molecule has 0 amide bonds. The second-order valence-corrected chi connectivity index (χ2v) is 5.94. The molecule has 4 nitrogen and oxygen atoms in total. The molecular weight excluding hydrogens is 255 g/mol. The van der Waals surface area contributed by atoms with Crippen LogP contribution in [-0.2, 0) is 10.0 Å². The first kappa shape index (κ1) is 14.9. The number of nitrogens with one attached hydrogen (secondary N) is 2. The zero-order chi connectivity index (χ0) is 13.6. The topological polar surface area (TPSA) is 58.2 Å². The number of hydrogen-bond donors (Lipinski definition) is 2. The van der Waals surface area contributed by atoms with Crippen molar-refractivity contribution in [3.63, 3.8) is 0 Å². The van der Waals surface area contributed by atoms with E-state index >= 15 is 0 Å². The summed E-state index contributed by atoms with van der Waals surface area (Å²) in [7, 11) is -3.51. The van der Waals surface area contributed by atoms with Crippen molar-refractivity contribution in [2.24, 2.45) is 0 Å². The molecule has 0 fully saturated rings. The summed E-state index contributed by atoms with van der Waals surface area (Å²) in [5.41, 5.74) is 0.605. The molecule has 0 atom stereocenters. The molecule has 0 unspecified atom stereocenters. The van der Waals surface area contributed by atoms with Crippen LogP contribution >= 0.6 is 0 Å². The molecule has 18 heavy (non-hydrogen) atoms. The number of aryl methyl sites for hydroxylation is 1. The van der Waals surface area contributed by atoms with Gasteiger partial charge in [0.15, 0.2) is 0 Å². The molecule has 6 heteroatoms. The number of sulfonamides is 1. The monoisotopic (exact) mass is 274 g/mol. The maximum absolute atomic E-state index is 13.5. The number of benzene rings is 1. The van der Waals surface area contributed by atoms with Gasteiger partial charge in [-0.2, -0.15) is 0 Å². The summed E-state index contributed by atoms with van der Waals surface area (Å²) < 4.78 is 39.3. The van der Waals surface area contributed by atoms with Gasteiger partial charge in [-0.25, -0.2) is 12.8 Å². The number of para-hydroxylation sites is 1. The van der Waals surface area contributed by atoms with E-state index in [4.69, 9.17) is 0 Å². The second kappa shape index (κ2) is 6.70. The van der Waals surface area contributed by atoms with Crippen LogP contribution in [0.25, 0.3) is 0 Å². The van der Waals surface area contributed by atoms with Gasteiger partial charge in [-0.3, -0.25) is 4.72 Å². The van der Waals surface area contributed by atoms with Crippen LogP contribution in [0.3, 0.4) is 0 Å². The minimum atomic E-state index is -3.51. The van der Waals surface area contributed by atoms with Crippen molar-refractivity contribution in [3.05, 3.63) is 29.6 Å². The normalized spacial score (nSPS) is 11.5. The third kappa shape index (κ3) is 4.62. The first-order valence-corrected chi connectivity index (χ1v) is 7.58. The fourth-order valence-electron chi connectivity index (χ4n) is 1.48. The summed E-state index contributed by atoms with van der Waals surface area (Å²) in [4.78, 5) is 0. The molecule has 1 aromatic rings. The van der Waals surface area contributed by atoms with Crippen LogP contribution in [0.15, 0.2) is 18.2 Å². The second-order valence-electron chi connectivity index (χ2n) is 4.10. The first-order valence-electron chi connectivity index (χ1n) is 5.92. The maximum Gasteiger partial charge on any atom is 0.234 e. The fourth-order valence-corrected chi connectivity index (χ4v) is 2.56. The Hall–Kier alpha value is -1.14. The van der Waals surface area contributed by atoms with Crippen molar-refractivity contribution in [2.75, 3.05) is 23.6 Å². The number of halogens is 1. The lowest BCUT2D eigenvalue weighted by Gasteiger charge is -2.11. The Kier molecular flexibility index (Phi) is 5.55. The minimum Gasteiger partial charge on any atom is -0.316 e. The Morgan fingerprint density at radius 1 is 1.28 bits per heavy atom. The van der Waals surface area contributed by atoms with Crippen LogP contribution < -0.4 is 10.0 Å². The first-order chi connectivity index (χ1) is 8.46. The van der Waals surface area contributed by atoms with E-state index < -0.39 is 15.8 Å². The van der Waals surface area contributed by atoms with E-state index in [0.717, 1.165) is 13.0 Å². The molecule has 1 aromatic carbocycles. The van der Waals surface area contributed by atoms with Gasteiger partial charge < -0.3 is 5.32 Å². The van der Waals surface area contributed by atoms with E-state index in [2.05, 4.69) is 10.0 Å². The molecule has 0 radical (unpaired) electrons. The fraction of sp³-hybridized carbons (Fsp3) is 0.500. The molecule has 0 spiro atoms. The van der Waals surface area contributed by atoms with Gasteiger partial charge in [0.2, 0.25) is 10.0 Å². The summed E-state index contributed by atoms with van der Waals surface area (Å²) in [5, 5.41) is 2.99. The highest BCUT2D eigenvalue weighted by Crippen LogP contribution is 2.19. The van der Waals surface area contributed by atoms with Gasteiger partial charge in [0.1, 0.15) is 5.82 Å². The highest BCUT2D eigenvalue weighted by Gasteiger charge is 2.14. The Morgan fingerprint density at radius 2 is 2.00 bits per heavy atom. The molecular formula is C12H19FN2O2S. The van der Waals surface area contributed by atoms with Gasteiger partial charge in [0.05, 0.1) is 11.4 Å². The molecule has 0 aliphatic heterocycles. The molecule has 102 valence electrons. The van der Waals surface area contributed by atoms with Gasteiger partial charge in [-0.1, -0.05) is 19.1 Å². The zero-order valence-corrected chi connectivity index (χ0v) is 11.5. The molecule has 0 aliphatic carbocycles. The molecule has 0 aliphatic rings. The van der Waals surface area contributed by atoms with E-state index in [1.54, 1.807) is 19.1 Å². The summed E-state index contributed by atoms with van der Waals surface area (Å²) in [6, 6.07) is 4.45. The Bertz CT molecular complexity index is 469. The zero-order valence-electron chi connectivity index (χ0n) is 10.7. The largest absolute Gasteiger partial charge is 0.316 e. The van der Waals surface area contributed by atoms with Gasteiger partial charge >= 0.3 is 0 Å². The van der Waals surface area contributed by atoms with Gasteiger partial charge in [0.25, 0.3) is 0 Å². The van der Waals surface area contributed by atoms with Crippen molar-refractivity contribution in [1.29, 1.82) is 0 Å². The molecule has 0 aromatic heterocycles. The summed E-state index contributed by atoms with van der Waals surface area (Å²) in [5.74, 6) is -0.624. The van der Waals surface area contributed by atoms with Crippen molar-refractivity contribution >= 4 is 15.7 Å². The molecule has 2 N–H and O–H groups in total. The van der Waals surface area contributed by atoms with Crippen molar-refractivity contribution in [3.8, 4) is 0 Å². The van der Waals surface area contributed by atoms with E-state index in [0.29, 0.717) is 12.1 Å². The highest BCUT2D eigenvalue weighted by molar-refractivity contribution is 7.92. The van der Waals surface area contributed by atoms with Gasteiger partial charge in [0, 0.05) is 6.54 Å². The van der Waals surface area contributed by atoms with E-state index in [-0.39, 0.29) is 11.4 Å². The van der Waals surface area contributed by atoms with E-state index in [9.17, 15) is 12.8 Å². The highest BCUT2D eigenvalue weighted by atomic mass is 32.2. The third-order valence-corrected chi connectivity index (χ3v) is 3.71. The van der Waals surface area contributed by atoms with Crippen LogP contribution in [0.1, 0.15) is 18.9 Å². The third-order valence-electron chi connectivity index (χ3n) is 2.45. The van der Waals surface area contributed by atoms with Crippen molar-refractivity contribution in [2.45, 2.75) is 20.3 Å². The average molecular weight is 274 g/mol. The molecule has 0 saturated carbocycles. The molecule has 0 bridgehead atoms. The van der Waals surface area contributed by atoms with Crippen LogP contribution in [0, 0.1) is 12.7 Å². The summed E-state index contributed by atoms with van der Waals surface area (Å²) >= 11 is 0. The standard InChI is InChI=1S/C12H19FN2O2S/c1-3-7-14-8-9-18(16,17)15-12-10(2)5-4-6-11(12)13/h4-6,14-15H,3,7-9H2,1-2H3. The van der Waals surface area contributed by atoms with Crippen LogP contribution in [0.4, 0.5) is 10.1 Å². The summed E-state index contributed by atoms with van der Waals surface area (Å²) in [6.45, 7) is 4.80. The Labute approximate surface area is 108 Å². The lowest BCUT2D eigenvalue weighted by molar-refractivity contribution is 0.593. The van der Waals surface area contributed by atoms with Gasteiger partial charge in [-0.15, -0.1) is 0 Å². The van der Waals surface area contributed by atoms with Gasteiger partial charge in [-0.05, 0) is 31.5 Å². The van der Waals surface area contributed by atoms with Crippen molar-refractivity contribution < 1.29 is 12.8 Å². The smallest absolute Gasteiger partial charge is 0.234 e. The lowest BCUT2D eigenvalue weighted by Crippen LogP contribution is -2.27. The predicted molar refractivity (Wildman–Crippen MR) is 71.7 cm³/mol. The predicted octanol–water partition coefficient (Wildman–Crippen LogP) is 1.88. The van der Waals surface area contributed by atoms with Crippen molar-refractivity contribution in [1.82, 2.24) is 5.32 Å².